The molecule has 0 aliphatic carbocycles. The van der Waals surface area contributed by atoms with Gasteiger partial charge in [-0.25, -0.2) is 9.67 Å². The SMILES string of the molecule is Cn1nnc(COCc2nc(C(F)(F)F)ccc2C(=S)Nc2nnnn2C)n1. The lowest BCUT2D eigenvalue weighted by atomic mass is 10.1. The lowest BCUT2D eigenvalue weighted by Gasteiger charge is -2.14. The van der Waals surface area contributed by atoms with Crippen LogP contribution < -0.4 is 5.32 Å². The Morgan fingerprint density at radius 2 is 1.96 bits per heavy atom. The molecule has 28 heavy (non-hydrogen) atoms. The Kier molecular flexibility index (Phi) is 5.55. The summed E-state index contributed by atoms with van der Waals surface area (Å²) in [6, 6.07) is 2.06. The molecular weight excluding hydrogens is 401 g/mol. The van der Waals surface area contributed by atoms with Crippen molar-refractivity contribution >= 4 is 23.2 Å². The van der Waals surface area contributed by atoms with Gasteiger partial charge in [0.15, 0.2) is 5.82 Å². The summed E-state index contributed by atoms with van der Waals surface area (Å²) in [6.07, 6.45) is -4.61. The molecule has 0 atom stereocenters. The number of nitrogens with zero attached hydrogens (tertiary/aromatic N) is 9. The molecule has 3 aromatic rings. The van der Waals surface area contributed by atoms with Crippen molar-refractivity contribution in [2.24, 2.45) is 14.1 Å². The van der Waals surface area contributed by atoms with Gasteiger partial charge < -0.3 is 10.1 Å². The first-order chi connectivity index (χ1) is 13.2. The van der Waals surface area contributed by atoms with Crippen molar-refractivity contribution in [3.8, 4) is 0 Å². The Bertz CT molecular complexity index is 985. The van der Waals surface area contributed by atoms with E-state index >= 15 is 0 Å². The third-order valence-electron chi connectivity index (χ3n) is 3.37. The molecule has 3 rings (SSSR count). The number of aryl methyl sites for hydroxylation is 2. The molecule has 1 N–H and O–H groups in total. The fraction of sp³-hybridized carbons (Fsp3) is 0.385. The topological polar surface area (TPSA) is 121 Å². The van der Waals surface area contributed by atoms with Gasteiger partial charge in [0.05, 0.1) is 19.3 Å². The molecule has 0 amide bonds. The van der Waals surface area contributed by atoms with Crippen LogP contribution in [-0.2, 0) is 38.2 Å². The summed E-state index contributed by atoms with van der Waals surface area (Å²) in [5.74, 6) is 0.502. The first-order valence-corrected chi connectivity index (χ1v) is 8.06. The molecule has 0 aliphatic heterocycles. The van der Waals surface area contributed by atoms with Gasteiger partial charge >= 0.3 is 6.18 Å². The molecule has 15 heteroatoms. The largest absolute Gasteiger partial charge is 0.433 e. The molecular formula is C13H13F3N10OS. The number of thiocarbonyl (C=S) groups is 1. The number of anilines is 1. The van der Waals surface area contributed by atoms with Gasteiger partial charge in [0.1, 0.15) is 17.3 Å². The number of aromatic nitrogens is 9. The van der Waals surface area contributed by atoms with Crippen LogP contribution in [0.15, 0.2) is 12.1 Å². The number of halogens is 3. The first-order valence-electron chi connectivity index (χ1n) is 7.65. The molecule has 11 nitrogen and oxygen atoms in total. The fourth-order valence-electron chi connectivity index (χ4n) is 2.10. The summed E-state index contributed by atoms with van der Waals surface area (Å²) < 4.78 is 45.8. The zero-order chi connectivity index (χ0) is 20.3. The second-order valence-corrected chi connectivity index (χ2v) is 5.86. The van der Waals surface area contributed by atoms with E-state index in [2.05, 4.69) is 41.2 Å². The van der Waals surface area contributed by atoms with Gasteiger partial charge in [-0.2, -0.15) is 18.0 Å². The van der Waals surface area contributed by atoms with Gasteiger partial charge in [-0.05, 0) is 27.8 Å². The van der Waals surface area contributed by atoms with Gasteiger partial charge in [-0.1, -0.05) is 17.3 Å². The van der Waals surface area contributed by atoms with Crippen molar-refractivity contribution in [1.29, 1.82) is 0 Å². The molecule has 0 aromatic carbocycles. The Morgan fingerprint density at radius 1 is 1.18 bits per heavy atom. The van der Waals surface area contributed by atoms with Crippen LogP contribution in [-0.4, -0.2) is 50.4 Å². The standard InChI is InChI=1S/C13H13F3N10OS/c1-25-12(20-22-24-25)18-11(28)7-3-4-9(13(14,15)16)17-8(7)5-27-6-10-19-23-26(2)21-10/h3-4H,5-6H2,1-2H3,(H,18,20,24,28). The molecule has 3 aromatic heterocycles. The van der Waals surface area contributed by atoms with Crippen LogP contribution in [0.1, 0.15) is 22.8 Å². The van der Waals surface area contributed by atoms with E-state index in [-0.39, 0.29) is 41.2 Å². The minimum Gasteiger partial charge on any atom is -0.367 e. The molecule has 0 aliphatic rings. The number of hydrogen-bond donors (Lipinski definition) is 1. The average Bonchev–Trinajstić information content (AvgIpc) is 3.22. The zero-order valence-corrected chi connectivity index (χ0v) is 15.4. The number of hydrogen-bond acceptors (Lipinski definition) is 9. The molecule has 3 heterocycles. The lowest BCUT2D eigenvalue weighted by molar-refractivity contribution is -0.141. The summed E-state index contributed by atoms with van der Waals surface area (Å²) in [7, 11) is 3.16. The lowest BCUT2D eigenvalue weighted by Crippen LogP contribution is -2.19. The minimum absolute atomic E-state index is 0.00802. The summed E-state index contributed by atoms with van der Waals surface area (Å²) in [5.41, 5.74) is -0.819. The maximum absolute atomic E-state index is 13.0. The predicted octanol–water partition coefficient (Wildman–Crippen LogP) is 0.652. The van der Waals surface area contributed by atoms with Crippen molar-refractivity contribution in [3.05, 3.63) is 34.9 Å². The van der Waals surface area contributed by atoms with E-state index in [1.807, 2.05) is 0 Å². The van der Waals surface area contributed by atoms with Crippen molar-refractivity contribution in [2.75, 3.05) is 5.32 Å². The summed E-state index contributed by atoms with van der Waals surface area (Å²) in [5, 5.41) is 24.9. The molecule has 0 spiro atoms. The number of pyridine rings is 1. The highest BCUT2D eigenvalue weighted by Gasteiger charge is 2.33. The van der Waals surface area contributed by atoms with Crippen LogP contribution in [0.4, 0.5) is 19.1 Å². The third kappa shape index (κ3) is 4.61. The quantitative estimate of drug-likeness (QED) is 0.576. The average molecular weight is 414 g/mol. The van der Waals surface area contributed by atoms with Crippen LogP contribution in [0.5, 0.6) is 0 Å². The molecule has 0 radical (unpaired) electrons. The molecule has 0 saturated heterocycles. The van der Waals surface area contributed by atoms with Gasteiger partial charge in [0.2, 0.25) is 5.95 Å². The van der Waals surface area contributed by atoms with E-state index in [1.165, 1.54) is 15.5 Å². The summed E-state index contributed by atoms with van der Waals surface area (Å²) >= 11 is 5.26. The zero-order valence-electron chi connectivity index (χ0n) is 14.5. The van der Waals surface area contributed by atoms with E-state index in [9.17, 15) is 13.2 Å². The van der Waals surface area contributed by atoms with Crippen LogP contribution in [0.25, 0.3) is 0 Å². The molecule has 148 valence electrons. The highest BCUT2D eigenvalue weighted by Crippen LogP contribution is 2.28. The Morgan fingerprint density at radius 3 is 2.57 bits per heavy atom. The normalized spacial score (nSPS) is 11.6. The molecule has 0 unspecified atom stereocenters. The van der Waals surface area contributed by atoms with Crippen molar-refractivity contribution in [3.63, 3.8) is 0 Å². The van der Waals surface area contributed by atoms with E-state index in [0.29, 0.717) is 0 Å². The Labute approximate surface area is 160 Å². The fourth-order valence-corrected chi connectivity index (χ4v) is 2.38. The van der Waals surface area contributed by atoms with Gasteiger partial charge in [0, 0.05) is 12.6 Å². The number of alkyl halides is 3. The van der Waals surface area contributed by atoms with Crippen LogP contribution in [0, 0.1) is 0 Å². The Balaban J connectivity index is 1.81. The van der Waals surface area contributed by atoms with Gasteiger partial charge in [-0.15, -0.1) is 10.2 Å². The smallest absolute Gasteiger partial charge is 0.367 e. The highest BCUT2D eigenvalue weighted by molar-refractivity contribution is 7.81. The number of ether oxygens (including phenoxy) is 1. The minimum atomic E-state index is -4.61. The molecule has 0 fully saturated rings. The number of nitrogens with one attached hydrogen (secondary N) is 1. The van der Waals surface area contributed by atoms with Crippen molar-refractivity contribution in [2.45, 2.75) is 19.4 Å². The molecule has 0 bridgehead atoms. The van der Waals surface area contributed by atoms with E-state index < -0.39 is 11.9 Å². The Hall–Kier alpha value is -3.07. The first kappa shape index (κ1) is 19.7. The maximum atomic E-state index is 13.0. The summed E-state index contributed by atoms with van der Waals surface area (Å²) in [6.45, 7) is -0.311. The number of rotatable bonds is 6. The van der Waals surface area contributed by atoms with Crippen molar-refractivity contribution < 1.29 is 17.9 Å². The monoisotopic (exact) mass is 414 g/mol. The van der Waals surface area contributed by atoms with E-state index in [0.717, 1.165) is 6.07 Å². The molecule has 0 saturated carbocycles. The second kappa shape index (κ2) is 7.89. The van der Waals surface area contributed by atoms with Crippen molar-refractivity contribution in [1.82, 2.24) is 45.4 Å². The van der Waals surface area contributed by atoms with Crippen LogP contribution in [0.3, 0.4) is 0 Å². The van der Waals surface area contributed by atoms with Gasteiger partial charge in [-0.3, -0.25) is 0 Å². The third-order valence-corrected chi connectivity index (χ3v) is 3.70. The number of tetrazole rings is 2. The second-order valence-electron chi connectivity index (χ2n) is 5.46. The van der Waals surface area contributed by atoms with Crippen LogP contribution >= 0.6 is 12.2 Å². The van der Waals surface area contributed by atoms with E-state index in [1.54, 1.807) is 14.1 Å². The predicted molar refractivity (Wildman–Crippen MR) is 90.7 cm³/mol. The summed E-state index contributed by atoms with van der Waals surface area (Å²) in [4.78, 5) is 4.99. The highest BCUT2D eigenvalue weighted by atomic mass is 32.1. The maximum Gasteiger partial charge on any atom is 0.433 e. The van der Waals surface area contributed by atoms with Gasteiger partial charge in [0.25, 0.3) is 0 Å². The van der Waals surface area contributed by atoms with E-state index in [4.69, 9.17) is 17.0 Å². The van der Waals surface area contributed by atoms with Crippen LogP contribution in [0.2, 0.25) is 0 Å².